The predicted molar refractivity (Wildman–Crippen MR) is 88.1 cm³/mol. The molecule has 3 aromatic rings. The Morgan fingerprint density at radius 2 is 2.08 bits per heavy atom. The van der Waals surface area contributed by atoms with Crippen molar-refractivity contribution < 1.29 is 9.90 Å². The summed E-state index contributed by atoms with van der Waals surface area (Å²) >= 11 is 0. The third-order valence-electron chi connectivity index (χ3n) is 3.27. The third kappa shape index (κ3) is 3.22. The minimum atomic E-state index is -1.03. The molecule has 3 rings (SSSR count). The van der Waals surface area contributed by atoms with Gasteiger partial charge in [0.25, 0.3) is 0 Å². The Morgan fingerprint density at radius 1 is 1.25 bits per heavy atom. The number of carbonyl (C=O) groups is 1. The van der Waals surface area contributed by atoms with Gasteiger partial charge in [-0.25, -0.2) is 14.5 Å². The van der Waals surface area contributed by atoms with Crippen LogP contribution in [0, 0.1) is 0 Å². The fourth-order valence-corrected chi connectivity index (χ4v) is 2.22. The van der Waals surface area contributed by atoms with Gasteiger partial charge in [0, 0.05) is 30.1 Å². The standard InChI is InChI=1S/C16H16N6O2/c1-10(2)20-14-7-15(17-9-12(14)16(23)24)22-6-4-13(21-22)11-3-5-18-19-8-11/h3-10H,1-2H3,(H,17,20)(H,23,24). The number of nitrogens with zero attached hydrogens (tertiary/aromatic N) is 5. The summed E-state index contributed by atoms with van der Waals surface area (Å²) in [6, 6.07) is 5.41. The number of rotatable bonds is 5. The zero-order valence-electron chi connectivity index (χ0n) is 13.2. The summed E-state index contributed by atoms with van der Waals surface area (Å²) in [5, 5.41) is 24.4. The van der Waals surface area contributed by atoms with Crippen LogP contribution in [0.15, 0.2) is 43.0 Å². The van der Waals surface area contributed by atoms with E-state index in [2.05, 4.69) is 25.6 Å². The van der Waals surface area contributed by atoms with Crippen LogP contribution in [0.5, 0.6) is 0 Å². The van der Waals surface area contributed by atoms with Crippen molar-refractivity contribution in [1.29, 1.82) is 0 Å². The molecular formula is C16H16N6O2. The lowest BCUT2D eigenvalue weighted by molar-refractivity contribution is 0.0697. The first-order chi connectivity index (χ1) is 11.5. The molecule has 0 saturated carbocycles. The van der Waals surface area contributed by atoms with Crippen LogP contribution in [-0.2, 0) is 0 Å². The molecule has 3 aromatic heterocycles. The first-order valence-corrected chi connectivity index (χ1v) is 7.37. The summed E-state index contributed by atoms with van der Waals surface area (Å²) in [7, 11) is 0. The monoisotopic (exact) mass is 324 g/mol. The van der Waals surface area contributed by atoms with Crippen LogP contribution in [0.4, 0.5) is 5.69 Å². The number of aromatic carboxylic acids is 1. The molecule has 0 atom stereocenters. The van der Waals surface area contributed by atoms with Crippen molar-refractivity contribution in [2.24, 2.45) is 0 Å². The van der Waals surface area contributed by atoms with E-state index < -0.39 is 5.97 Å². The number of nitrogens with one attached hydrogen (secondary N) is 1. The van der Waals surface area contributed by atoms with E-state index in [0.717, 1.165) is 11.3 Å². The Morgan fingerprint density at radius 3 is 2.75 bits per heavy atom. The van der Waals surface area contributed by atoms with E-state index in [0.29, 0.717) is 11.5 Å². The summed E-state index contributed by atoms with van der Waals surface area (Å²) in [4.78, 5) is 15.5. The Kier molecular flexibility index (Phi) is 4.19. The van der Waals surface area contributed by atoms with Crippen molar-refractivity contribution in [2.75, 3.05) is 5.32 Å². The predicted octanol–water partition coefficient (Wildman–Crippen LogP) is 2.24. The molecule has 0 spiro atoms. The maximum atomic E-state index is 11.3. The molecule has 0 aliphatic heterocycles. The van der Waals surface area contributed by atoms with Gasteiger partial charge in [0.05, 0.1) is 23.8 Å². The highest BCUT2D eigenvalue weighted by atomic mass is 16.4. The van der Waals surface area contributed by atoms with Crippen molar-refractivity contribution in [3.05, 3.63) is 48.5 Å². The number of pyridine rings is 1. The van der Waals surface area contributed by atoms with E-state index >= 15 is 0 Å². The minimum absolute atomic E-state index is 0.0921. The van der Waals surface area contributed by atoms with Crippen LogP contribution < -0.4 is 5.32 Å². The topological polar surface area (TPSA) is 106 Å². The van der Waals surface area contributed by atoms with Crippen LogP contribution in [0.1, 0.15) is 24.2 Å². The molecule has 0 aliphatic rings. The van der Waals surface area contributed by atoms with Crippen LogP contribution in [0.2, 0.25) is 0 Å². The molecule has 0 radical (unpaired) electrons. The smallest absolute Gasteiger partial charge is 0.339 e. The number of carboxylic acids is 1. The maximum Gasteiger partial charge on any atom is 0.339 e. The normalized spacial score (nSPS) is 10.8. The molecule has 0 bridgehead atoms. The van der Waals surface area contributed by atoms with Gasteiger partial charge in [-0.15, -0.1) is 0 Å². The van der Waals surface area contributed by atoms with Crippen LogP contribution in [0.3, 0.4) is 0 Å². The highest BCUT2D eigenvalue weighted by molar-refractivity contribution is 5.94. The summed E-state index contributed by atoms with van der Waals surface area (Å²) in [5.74, 6) is -0.502. The number of anilines is 1. The van der Waals surface area contributed by atoms with E-state index in [9.17, 15) is 9.90 Å². The van der Waals surface area contributed by atoms with Crippen LogP contribution in [0.25, 0.3) is 17.1 Å². The molecular weight excluding hydrogens is 308 g/mol. The summed E-state index contributed by atoms with van der Waals surface area (Å²) < 4.78 is 1.59. The van der Waals surface area contributed by atoms with Gasteiger partial charge in [0.2, 0.25) is 0 Å². The molecule has 0 amide bonds. The lowest BCUT2D eigenvalue weighted by atomic mass is 10.2. The minimum Gasteiger partial charge on any atom is -0.478 e. The van der Waals surface area contributed by atoms with Gasteiger partial charge in [-0.2, -0.15) is 15.3 Å². The average Bonchev–Trinajstić information content (AvgIpc) is 3.05. The maximum absolute atomic E-state index is 11.3. The van der Waals surface area contributed by atoms with E-state index in [1.165, 1.54) is 6.20 Å². The zero-order valence-corrected chi connectivity index (χ0v) is 13.2. The van der Waals surface area contributed by atoms with Gasteiger partial charge in [-0.3, -0.25) is 0 Å². The van der Waals surface area contributed by atoms with E-state index in [1.807, 2.05) is 26.0 Å². The summed E-state index contributed by atoms with van der Waals surface area (Å²) in [5.41, 5.74) is 2.20. The average molecular weight is 324 g/mol. The van der Waals surface area contributed by atoms with Crippen molar-refractivity contribution >= 4 is 11.7 Å². The molecule has 0 aliphatic carbocycles. The highest BCUT2D eigenvalue weighted by Crippen LogP contribution is 2.21. The fraction of sp³-hybridized carbons (Fsp3) is 0.188. The molecule has 8 nitrogen and oxygen atoms in total. The molecule has 122 valence electrons. The molecule has 8 heteroatoms. The molecule has 0 fully saturated rings. The van der Waals surface area contributed by atoms with Crippen molar-refractivity contribution in [1.82, 2.24) is 25.0 Å². The zero-order chi connectivity index (χ0) is 17.1. The SMILES string of the molecule is CC(C)Nc1cc(-n2ccc(-c3ccnnc3)n2)ncc1C(=O)O. The molecule has 24 heavy (non-hydrogen) atoms. The van der Waals surface area contributed by atoms with Gasteiger partial charge in [-0.1, -0.05) is 0 Å². The van der Waals surface area contributed by atoms with Crippen LogP contribution in [-0.4, -0.2) is 42.1 Å². The second-order valence-electron chi connectivity index (χ2n) is 5.47. The van der Waals surface area contributed by atoms with Crippen molar-refractivity contribution in [2.45, 2.75) is 19.9 Å². The third-order valence-corrected chi connectivity index (χ3v) is 3.27. The van der Waals surface area contributed by atoms with Gasteiger partial charge in [0.1, 0.15) is 5.56 Å². The second-order valence-corrected chi connectivity index (χ2v) is 5.47. The number of carboxylic acid groups (broad SMARTS) is 1. The Bertz CT molecular complexity index is 860. The molecule has 0 saturated heterocycles. The Hall–Kier alpha value is -3.29. The Balaban J connectivity index is 1.98. The van der Waals surface area contributed by atoms with E-state index in [4.69, 9.17) is 0 Å². The molecule has 0 unspecified atom stereocenters. The number of hydrogen-bond acceptors (Lipinski definition) is 6. The lowest BCUT2D eigenvalue weighted by Gasteiger charge is -2.13. The van der Waals surface area contributed by atoms with E-state index in [-0.39, 0.29) is 11.6 Å². The summed E-state index contributed by atoms with van der Waals surface area (Å²) in [6.07, 6.45) is 6.31. The van der Waals surface area contributed by atoms with Gasteiger partial charge in [-0.05, 0) is 26.0 Å². The van der Waals surface area contributed by atoms with Gasteiger partial charge >= 0.3 is 5.97 Å². The first kappa shape index (κ1) is 15.6. The first-order valence-electron chi connectivity index (χ1n) is 7.37. The van der Waals surface area contributed by atoms with Gasteiger partial charge in [0.15, 0.2) is 5.82 Å². The molecule has 2 N–H and O–H groups in total. The quantitative estimate of drug-likeness (QED) is 0.741. The summed E-state index contributed by atoms with van der Waals surface area (Å²) in [6.45, 7) is 3.88. The van der Waals surface area contributed by atoms with Gasteiger partial charge < -0.3 is 10.4 Å². The largest absolute Gasteiger partial charge is 0.478 e. The molecule has 3 heterocycles. The number of aromatic nitrogens is 5. The van der Waals surface area contributed by atoms with Crippen molar-refractivity contribution in [3.8, 4) is 17.1 Å². The highest BCUT2D eigenvalue weighted by Gasteiger charge is 2.14. The van der Waals surface area contributed by atoms with Crippen LogP contribution >= 0.6 is 0 Å². The number of hydrogen-bond donors (Lipinski definition) is 2. The fourth-order valence-electron chi connectivity index (χ4n) is 2.22. The second kappa shape index (κ2) is 6.45. The van der Waals surface area contributed by atoms with Crippen molar-refractivity contribution in [3.63, 3.8) is 0 Å². The molecule has 0 aromatic carbocycles. The Labute approximate surface area is 138 Å². The van der Waals surface area contributed by atoms with E-state index in [1.54, 1.807) is 29.3 Å². The lowest BCUT2D eigenvalue weighted by Crippen LogP contribution is -2.15.